The maximum absolute atomic E-state index is 12.1. The molecular weight excluding hydrogens is 532 g/mol. The Kier molecular flexibility index (Phi) is 7.20. The summed E-state index contributed by atoms with van der Waals surface area (Å²) in [4.78, 5) is -0.546. The van der Waals surface area contributed by atoms with Crippen molar-refractivity contribution in [3.05, 3.63) is 132 Å². The minimum absolute atomic E-state index is 0.111. The van der Waals surface area contributed by atoms with Crippen molar-refractivity contribution in [2.45, 2.75) is 16.2 Å². The van der Waals surface area contributed by atoms with E-state index in [1.165, 1.54) is 22.9 Å². The molecule has 8 heteroatoms. The zero-order chi connectivity index (χ0) is 27.6. The average Bonchev–Trinajstić information content (AvgIpc) is 2.92. The van der Waals surface area contributed by atoms with Crippen LogP contribution in [-0.2, 0) is 26.7 Å². The standard InChI is InChI=1S/C21H16O6S2.C10H8/c22-28(23,24)20-16(11-9-14-5-1-3-7-18(14)20)13-17-12-10-15-6-2-4-8-19(15)21(17)29(25,26)27;1-2-6-10-8-4-3-7-9(10)5-1/h1-12H,13H2,(H,22,23,24)(H,25,26,27);1-8H. The molecule has 0 aliphatic heterocycles. The minimum atomic E-state index is -4.58. The molecule has 6 aromatic carbocycles. The Balaban J connectivity index is 0.000000257. The summed E-state index contributed by atoms with van der Waals surface area (Å²) in [6.45, 7) is 0. The molecule has 196 valence electrons. The molecule has 6 rings (SSSR count). The number of hydrogen-bond donors (Lipinski definition) is 2. The summed E-state index contributed by atoms with van der Waals surface area (Å²) in [5.41, 5.74) is 0.456. The predicted molar refractivity (Wildman–Crippen MR) is 154 cm³/mol. The van der Waals surface area contributed by atoms with Crippen LogP contribution < -0.4 is 0 Å². The third-order valence-corrected chi connectivity index (χ3v) is 8.47. The summed E-state index contributed by atoms with van der Waals surface area (Å²) in [7, 11) is -9.17. The fraction of sp³-hybridized carbons (Fsp3) is 0.0323. The fourth-order valence-electron chi connectivity index (χ4n) is 4.80. The van der Waals surface area contributed by atoms with Gasteiger partial charge in [0.2, 0.25) is 0 Å². The maximum Gasteiger partial charge on any atom is 0.295 e. The van der Waals surface area contributed by atoms with E-state index >= 15 is 0 Å². The van der Waals surface area contributed by atoms with Gasteiger partial charge in [0.15, 0.2) is 0 Å². The Bertz CT molecular complexity index is 1870. The number of hydrogen-bond acceptors (Lipinski definition) is 4. The maximum atomic E-state index is 12.1. The van der Waals surface area contributed by atoms with E-state index < -0.39 is 20.2 Å². The largest absolute Gasteiger partial charge is 0.295 e. The average molecular weight is 557 g/mol. The van der Waals surface area contributed by atoms with Gasteiger partial charge in [-0.1, -0.05) is 121 Å². The predicted octanol–water partition coefficient (Wildman–Crippen LogP) is 6.92. The van der Waals surface area contributed by atoms with Crippen LogP contribution in [0.1, 0.15) is 11.1 Å². The molecule has 0 atom stereocenters. The highest BCUT2D eigenvalue weighted by Crippen LogP contribution is 2.32. The molecule has 0 bridgehead atoms. The zero-order valence-corrected chi connectivity index (χ0v) is 22.2. The summed E-state index contributed by atoms with van der Waals surface area (Å²) in [5.74, 6) is 0. The highest BCUT2D eigenvalue weighted by molar-refractivity contribution is 7.86. The van der Waals surface area contributed by atoms with Gasteiger partial charge >= 0.3 is 0 Å². The van der Waals surface area contributed by atoms with Crippen molar-refractivity contribution in [2.24, 2.45) is 0 Å². The van der Waals surface area contributed by atoms with Gasteiger partial charge in [-0.15, -0.1) is 0 Å². The molecule has 0 spiro atoms. The normalized spacial score (nSPS) is 11.8. The molecule has 0 unspecified atom stereocenters. The summed E-state index contributed by atoms with van der Waals surface area (Å²) in [6, 6.07) is 36.6. The molecule has 0 aliphatic carbocycles. The fourth-order valence-corrected chi connectivity index (χ4v) is 6.67. The second-order valence-electron chi connectivity index (χ2n) is 9.02. The monoisotopic (exact) mass is 556 g/mol. The lowest BCUT2D eigenvalue weighted by Gasteiger charge is -2.14. The molecule has 0 saturated carbocycles. The van der Waals surface area contributed by atoms with E-state index in [0.717, 1.165) is 0 Å². The lowest BCUT2D eigenvalue weighted by atomic mass is 9.98. The number of fused-ring (bicyclic) bond motifs is 3. The third kappa shape index (κ3) is 5.69. The van der Waals surface area contributed by atoms with Gasteiger partial charge in [0.1, 0.15) is 9.79 Å². The van der Waals surface area contributed by atoms with Crippen molar-refractivity contribution in [1.82, 2.24) is 0 Å². The van der Waals surface area contributed by atoms with Gasteiger partial charge in [-0.25, -0.2) is 0 Å². The summed E-state index contributed by atoms with van der Waals surface area (Å²) >= 11 is 0. The van der Waals surface area contributed by atoms with Crippen molar-refractivity contribution in [1.29, 1.82) is 0 Å². The SMILES string of the molecule is O=S(=O)(O)c1c(Cc2ccc3ccccc3c2S(=O)(=O)O)ccc2ccccc12.c1ccc2ccccc2c1. The first kappa shape index (κ1) is 26.5. The Morgan fingerprint density at radius 3 is 1.05 bits per heavy atom. The van der Waals surface area contributed by atoms with Crippen molar-refractivity contribution in [3.63, 3.8) is 0 Å². The van der Waals surface area contributed by atoms with E-state index in [1.54, 1.807) is 60.7 Å². The molecule has 6 nitrogen and oxygen atoms in total. The van der Waals surface area contributed by atoms with Crippen molar-refractivity contribution in [2.75, 3.05) is 0 Å². The second kappa shape index (κ2) is 10.6. The van der Waals surface area contributed by atoms with Crippen LogP contribution in [0.3, 0.4) is 0 Å². The molecule has 6 aromatic rings. The summed E-state index contributed by atoms with van der Waals surface area (Å²) in [5, 5.41) is 4.54. The zero-order valence-electron chi connectivity index (χ0n) is 20.6. The lowest BCUT2D eigenvalue weighted by molar-refractivity contribution is 0.482. The van der Waals surface area contributed by atoms with Crippen LogP contribution in [0.5, 0.6) is 0 Å². The van der Waals surface area contributed by atoms with Crippen LogP contribution in [0, 0.1) is 0 Å². The minimum Gasteiger partial charge on any atom is -0.282 e. The van der Waals surface area contributed by atoms with Crippen LogP contribution in [0.25, 0.3) is 32.3 Å². The third-order valence-electron chi connectivity index (χ3n) is 6.48. The second-order valence-corrected chi connectivity index (χ2v) is 11.7. The van der Waals surface area contributed by atoms with Gasteiger partial charge in [0.05, 0.1) is 0 Å². The van der Waals surface area contributed by atoms with Crippen LogP contribution in [0.2, 0.25) is 0 Å². The topological polar surface area (TPSA) is 109 Å². The van der Waals surface area contributed by atoms with E-state index in [-0.39, 0.29) is 27.3 Å². The number of rotatable bonds is 4. The van der Waals surface area contributed by atoms with Gasteiger partial charge in [0.25, 0.3) is 20.2 Å². The molecular formula is C31H24O6S2. The smallest absolute Gasteiger partial charge is 0.282 e. The first-order chi connectivity index (χ1) is 18.6. The van der Waals surface area contributed by atoms with Crippen LogP contribution in [-0.4, -0.2) is 25.9 Å². The Hall–Kier alpha value is -4.08. The van der Waals surface area contributed by atoms with Crippen molar-refractivity contribution < 1.29 is 25.9 Å². The first-order valence-electron chi connectivity index (χ1n) is 12.0. The number of benzene rings is 6. The van der Waals surface area contributed by atoms with E-state index in [2.05, 4.69) is 48.5 Å². The van der Waals surface area contributed by atoms with E-state index in [9.17, 15) is 25.9 Å². The quantitative estimate of drug-likeness (QED) is 0.228. The van der Waals surface area contributed by atoms with Gasteiger partial charge in [-0.05, 0) is 32.7 Å². The molecule has 0 aromatic heterocycles. The molecule has 2 N–H and O–H groups in total. The summed E-state index contributed by atoms with van der Waals surface area (Å²) in [6.07, 6.45) is -0.111. The highest BCUT2D eigenvalue weighted by Gasteiger charge is 2.24. The molecule has 0 amide bonds. The summed E-state index contributed by atoms with van der Waals surface area (Å²) < 4.78 is 68.3. The van der Waals surface area contributed by atoms with Crippen molar-refractivity contribution in [3.8, 4) is 0 Å². The Morgan fingerprint density at radius 1 is 0.410 bits per heavy atom. The Morgan fingerprint density at radius 2 is 0.718 bits per heavy atom. The lowest BCUT2D eigenvalue weighted by Crippen LogP contribution is -2.08. The van der Waals surface area contributed by atoms with E-state index in [4.69, 9.17) is 0 Å². The first-order valence-corrected chi connectivity index (χ1v) is 14.9. The van der Waals surface area contributed by atoms with Crippen molar-refractivity contribution >= 4 is 52.6 Å². The van der Waals surface area contributed by atoms with Gasteiger partial charge in [-0.3, -0.25) is 9.11 Å². The molecule has 0 aliphatic rings. The van der Waals surface area contributed by atoms with Gasteiger partial charge in [0, 0.05) is 17.2 Å². The van der Waals surface area contributed by atoms with Crippen LogP contribution in [0.15, 0.2) is 131 Å². The van der Waals surface area contributed by atoms with Gasteiger partial charge in [-0.2, -0.15) is 16.8 Å². The Labute approximate surface area is 226 Å². The van der Waals surface area contributed by atoms with Gasteiger partial charge < -0.3 is 0 Å². The molecule has 0 radical (unpaired) electrons. The molecule has 0 saturated heterocycles. The van der Waals surface area contributed by atoms with E-state index in [0.29, 0.717) is 21.5 Å². The molecule has 0 heterocycles. The van der Waals surface area contributed by atoms with Crippen LogP contribution >= 0.6 is 0 Å². The van der Waals surface area contributed by atoms with Crippen LogP contribution in [0.4, 0.5) is 0 Å². The molecule has 0 fully saturated rings. The van der Waals surface area contributed by atoms with E-state index in [1.807, 2.05) is 0 Å². The highest BCUT2D eigenvalue weighted by atomic mass is 32.2. The molecule has 39 heavy (non-hydrogen) atoms.